The number of benzene rings is 1. The molecule has 2 rings (SSSR count). The minimum atomic E-state index is -3.49. The van der Waals surface area contributed by atoms with Crippen molar-refractivity contribution in [2.24, 2.45) is 0 Å². The van der Waals surface area contributed by atoms with Crippen LogP contribution in [0.3, 0.4) is 0 Å². The number of hydrogen-bond acceptors (Lipinski definition) is 6. The summed E-state index contributed by atoms with van der Waals surface area (Å²) >= 11 is 5.74. The summed E-state index contributed by atoms with van der Waals surface area (Å²) < 4.78 is 29.2. The first kappa shape index (κ1) is 17.4. The van der Waals surface area contributed by atoms with Gasteiger partial charge in [-0.15, -0.1) is 0 Å². The number of nitrogens with one attached hydrogen (secondary N) is 1. The van der Waals surface area contributed by atoms with Crippen LogP contribution in [0.1, 0.15) is 30.4 Å². The molecule has 1 aromatic carbocycles. The van der Waals surface area contributed by atoms with Crippen molar-refractivity contribution in [3.05, 3.63) is 41.0 Å². The monoisotopic (exact) mass is 357 g/mol. The Morgan fingerprint density at radius 3 is 2.57 bits per heavy atom. The molecule has 0 aliphatic rings. The molecule has 0 saturated carbocycles. The highest BCUT2D eigenvalue weighted by atomic mass is 35.5. The molecule has 0 radical (unpaired) electrons. The number of nitrogens with zero attached hydrogens (tertiary/aromatic N) is 2. The van der Waals surface area contributed by atoms with Crippen LogP contribution in [0.4, 0.5) is 0 Å². The topological polar surface area (TPSA) is 102 Å². The molecule has 1 N–H and O–H groups in total. The molecule has 9 heteroatoms. The predicted octanol–water partition coefficient (Wildman–Crippen LogP) is 1.88. The lowest BCUT2D eigenvalue weighted by atomic mass is 10.4. The summed E-state index contributed by atoms with van der Waals surface area (Å²) in [6, 6.07) is 5.84. The van der Waals surface area contributed by atoms with Crippen LogP contribution in [0, 0.1) is 0 Å². The zero-order valence-corrected chi connectivity index (χ0v) is 14.2. The van der Waals surface area contributed by atoms with E-state index in [0.29, 0.717) is 5.02 Å². The summed E-state index contributed by atoms with van der Waals surface area (Å²) in [5.74, 6) is -0.701. The van der Waals surface area contributed by atoms with E-state index in [2.05, 4.69) is 15.5 Å². The van der Waals surface area contributed by atoms with Crippen LogP contribution in [-0.4, -0.2) is 36.3 Å². The highest BCUT2D eigenvalue weighted by molar-refractivity contribution is 7.91. The van der Waals surface area contributed by atoms with Gasteiger partial charge in [0.05, 0.1) is 10.6 Å². The number of aryl methyl sites for hydroxylation is 1. The van der Waals surface area contributed by atoms with Gasteiger partial charge in [0, 0.05) is 17.5 Å². The second-order valence-corrected chi connectivity index (χ2v) is 7.71. The van der Waals surface area contributed by atoms with E-state index >= 15 is 0 Å². The molecule has 0 bridgehead atoms. The molecule has 1 heterocycles. The van der Waals surface area contributed by atoms with Crippen LogP contribution in [0.25, 0.3) is 0 Å². The molecule has 0 aliphatic heterocycles. The number of halogens is 1. The lowest BCUT2D eigenvalue weighted by molar-refractivity contribution is 0.0899. The van der Waals surface area contributed by atoms with Crippen molar-refractivity contribution < 1.29 is 17.7 Å². The van der Waals surface area contributed by atoms with E-state index < -0.39 is 15.7 Å². The highest BCUT2D eigenvalue weighted by Crippen LogP contribution is 2.16. The van der Waals surface area contributed by atoms with Gasteiger partial charge < -0.3 is 9.84 Å². The van der Waals surface area contributed by atoms with Crippen LogP contribution in [0.2, 0.25) is 5.02 Å². The molecule has 0 atom stereocenters. The molecule has 0 fully saturated rings. The van der Waals surface area contributed by atoms with Crippen LogP contribution in [0.15, 0.2) is 33.7 Å². The molecule has 1 aromatic heterocycles. The van der Waals surface area contributed by atoms with E-state index in [-0.39, 0.29) is 34.8 Å². The van der Waals surface area contributed by atoms with Crippen LogP contribution in [-0.2, 0) is 16.3 Å². The van der Waals surface area contributed by atoms with E-state index in [1.54, 1.807) is 13.8 Å². The first-order chi connectivity index (χ1) is 10.8. The molecular weight excluding hydrogens is 342 g/mol. The van der Waals surface area contributed by atoms with Gasteiger partial charge in [-0.25, -0.2) is 8.42 Å². The first-order valence-corrected chi connectivity index (χ1v) is 8.93. The first-order valence-electron chi connectivity index (χ1n) is 6.90. The summed E-state index contributed by atoms with van der Waals surface area (Å²) in [5, 5.41) is 6.69. The largest absolute Gasteiger partial charge is 0.346 e. The van der Waals surface area contributed by atoms with Crippen molar-refractivity contribution in [1.29, 1.82) is 0 Å². The summed E-state index contributed by atoms with van der Waals surface area (Å²) in [6.07, 6.45) is 0.0451. The van der Waals surface area contributed by atoms with Gasteiger partial charge in [-0.1, -0.05) is 16.8 Å². The van der Waals surface area contributed by atoms with E-state index in [1.807, 2.05) is 0 Å². The van der Waals surface area contributed by atoms with Crippen molar-refractivity contribution in [3.63, 3.8) is 0 Å². The number of rotatable bonds is 6. The highest BCUT2D eigenvalue weighted by Gasteiger charge is 2.19. The number of carbonyl (C=O) groups excluding carboxylic acids is 1. The normalized spacial score (nSPS) is 11.7. The summed E-state index contributed by atoms with van der Waals surface area (Å²) in [5.41, 5.74) is 0. The summed E-state index contributed by atoms with van der Waals surface area (Å²) in [4.78, 5) is 15.8. The Morgan fingerprint density at radius 2 is 1.96 bits per heavy atom. The number of amides is 1. The zero-order chi connectivity index (χ0) is 17.0. The van der Waals surface area contributed by atoms with Crippen molar-refractivity contribution in [2.75, 3.05) is 5.75 Å². The minimum Gasteiger partial charge on any atom is -0.346 e. The predicted molar refractivity (Wildman–Crippen MR) is 84.1 cm³/mol. The molecule has 23 heavy (non-hydrogen) atoms. The third kappa shape index (κ3) is 4.77. The number of carbonyl (C=O) groups is 1. The number of sulfone groups is 1. The van der Waals surface area contributed by atoms with E-state index in [9.17, 15) is 13.2 Å². The smallest absolute Gasteiger partial charge is 0.315 e. The molecule has 0 spiro atoms. The molecule has 7 nitrogen and oxygen atoms in total. The Hall–Kier alpha value is -1.93. The Kier molecular flexibility index (Phi) is 5.38. The van der Waals surface area contributed by atoms with Crippen LogP contribution < -0.4 is 5.32 Å². The van der Waals surface area contributed by atoms with Gasteiger partial charge in [-0.2, -0.15) is 4.98 Å². The van der Waals surface area contributed by atoms with Gasteiger partial charge in [-0.3, -0.25) is 4.79 Å². The fourth-order valence-electron chi connectivity index (χ4n) is 1.76. The maximum atomic E-state index is 12.2. The van der Waals surface area contributed by atoms with Gasteiger partial charge in [0.1, 0.15) is 0 Å². The Morgan fingerprint density at radius 1 is 1.30 bits per heavy atom. The quantitative estimate of drug-likeness (QED) is 0.846. The van der Waals surface area contributed by atoms with Crippen molar-refractivity contribution in [2.45, 2.75) is 31.2 Å². The van der Waals surface area contributed by atoms with E-state index in [0.717, 1.165) is 0 Å². The van der Waals surface area contributed by atoms with Gasteiger partial charge in [0.25, 0.3) is 0 Å². The van der Waals surface area contributed by atoms with Gasteiger partial charge in [-0.05, 0) is 38.1 Å². The molecular formula is C14H16ClN3O4S. The van der Waals surface area contributed by atoms with Crippen molar-refractivity contribution >= 4 is 27.3 Å². The SMILES string of the molecule is CC(C)NC(=O)c1nc(CCS(=O)(=O)c2ccc(Cl)cc2)no1. The molecule has 0 aliphatic carbocycles. The Bertz CT molecular complexity index is 785. The fraction of sp³-hybridized carbons (Fsp3) is 0.357. The van der Waals surface area contributed by atoms with E-state index in [4.69, 9.17) is 16.1 Å². The maximum absolute atomic E-state index is 12.2. The lowest BCUT2D eigenvalue weighted by Gasteiger charge is -2.03. The van der Waals surface area contributed by atoms with Gasteiger partial charge in [0.15, 0.2) is 15.7 Å². The second-order valence-electron chi connectivity index (χ2n) is 5.17. The molecule has 124 valence electrons. The second kappa shape index (κ2) is 7.10. The Balaban J connectivity index is 2.02. The van der Waals surface area contributed by atoms with Crippen molar-refractivity contribution in [3.8, 4) is 0 Å². The average Bonchev–Trinajstić information content (AvgIpc) is 2.94. The van der Waals surface area contributed by atoms with Gasteiger partial charge in [0.2, 0.25) is 0 Å². The zero-order valence-electron chi connectivity index (χ0n) is 12.6. The van der Waals surface area contributed by atoms with Crippen LogP contribution >= 0.6 is 11.6 Å². The lowest BCUT2D eigenvalue weighted by Crippen LogP contribution is -2.30. The van der Waals surface area contributed by atoms with Crippen LogP contribution in [0.5, 0.6) is 0 Å². The fourth-order valence-corrected chi connectivity index (χ4v) is 3.12. The summed E-state index contributed by atoms with van der Waals surface area (Å²) in [6.45, 7) is 3.60. The third-order valence-corrected chi connectivity index (χ3v) is 4.83. The minimum absolute atomic E-state index is 0.0451. The number of aromatic nitrogens is 2. The van der Waals surface area contributed by atoms with Gasteiger partial charge >= 0.3 is 11.8 Å². The Labute approximate surface area is 139 Å². The molecule has 1 amide bonds. The van der Waals surface area contributed by atoms with E-state index in [1.165, 1.54) is 24.3 Å². The van der Waals surface area contributed by atoms with Crippen molar-refractivity contribution in [1.82, 2.24) is 15.5 Å². The molecule has 0 unspecified atom stereocenters. The molecule has 0 saturated heterocycles. The number of hydrogen-bond donors (Lipinski definition) is 1. The summed E-state index contributed by atoms with van der Waals surface area (Å²) in [7, 11) is -3.49. The third-order valence-electron chi connectivity index (χ3n) is 2.85. The maximum Gasteiger partial charge on any atom is 0.315 e. The average molecular weight is 358 g/mol. The molecule has 2 aromatic rings. The standard InChI is InChI=1S/C14H16ClN3O4S/c1-9(2)16-13(19)14-17-12(18-22-14)7-8-23(20,21)11-5-3-10(15)4-6-11/h3-6,9H,7-8H2,1-2H3,(H,16,19).